The molecule has 0 unspecified atom stereocenters. The Morgan fingerprint density at radius 3 is 2.40 bits per heavy atom. The number of carboxylic acids is 1. The van der Waals surface area contributed by atoms with Crippen molar-refractivity contribution < 1.29 is 24.2 Å². The third-order valence-electron chi connectivity index (χ3n) is 3.67. The van der Waals surface area contributed by atoms with E-state index < -0.39 is 23.4 Å². The lowest BCUT2D eigenvalue weighted by Crippen LogP contribution is -2.51. The summed E-state index contributed by atoms with van der Waals surface area (Å²) in [5.41, 5.74) is -0.835. The molecule has 0 spiro atoms. The van der Waals surface area contributed by atoms with Gasteiger partial charge in [-0.05, 0) is 19.3 Å². The van der Waals surface area contributed by atoms with Gasteiger partial charge in [0.2, 0.25) is 0 Å². The molecule has 0 aliphatic heterocycles. The van der Waals surface area contributed by atoms with Crippen molar-refractivity contribution in [3.05, 3.63) is 0 Å². The van der Waals surface area contributed by atoms with Crippen LogP contribution in [0.5, 0.6) is 0 Å². The topological polar surface area (TPSA) is 95.9 Å². The van der Waals surface area contributed by atoms with E-state index in [1.807, 2.05) is 6.92 Å². The standard InChI is InChI=1S/C13H22N2O5/c1-3-7-15(8-10(16)20-2)12(19)14-9-13(11(17)18)5-4-6-13/h3-9H2,1-2H3,(H,14,19)(H,17,18). The smallest absolute Gasteiger partial charge is 0.325 e. The van der Waals surface area contributed by atoms with Gasteiger partial charge in [-0.1, -0.05) is 13.3 Å². The van der Waals surface area contributed by atoms with E-state index in [9.17, 15) is 19.5 Å². The summed E-state index contributed by atoms with van der Waals surface area (Å²) < 4.78 is 4.54. The highest BCUT2D eigenvalue weighted by atomic mass is 16.5. The van der Waals surface area contributed by atoms with Gasteiger partial charge >= 0.3 is 18.0 Å². The van der Waals surface area contributed by atoms with Crippen LogP contribution in [0.4, 0.5) is 4.79 Å². The molecule has 1 saturated carbocycles. The maximum atomic E-state index is 12.0. The molecule has 2 N–H and O–H groups in total. The molecule has 0 aromatic heterocycles. The van der Waals surface area contributed by atoms with Gasteiger partial charge in [-0.15, -0.1) is 0 Å². The van der Waals surface area contributed by atoms with Gasteiger partial charge in [-0.3, -0.25) is 9.59 Å². The molecule has 0 heterocycles. The quantitative estimate of drug-likeness (QED) is 0.676. The first-order valence-electron chi connectivity index (χ1n) is 6.78. The highest BCUT2D eigenvalue weighted by molar-refractivity contribution is 5.82. The van der Waals surface area contributed by atoms with Gasteiger partial charge in [0.05, 0.1) is 12.5 Å². The number of carboxylic acid groups (broad SMARTS) is 1. The lowest BCUT2D eigenvalue weighted by atomic mass is 9.69. The normalized spacial score (nSPS) is 15.9. The average molecular weight is 286 g/mol. The highest BCUT2D eigenvalue weighted by Gasteiger charge is 2.44. The number of urea groups is 1. The minimum Gasteiger partial charge on any atom is -0.481 e. The number of amides is 2. The third-order valence-corrected chi connectivity index (χ3v) is 3.67. The first-order valence-corrected chi connectivity index (χ1v) is 6.78. The van der Waals surface area contributed by atoms with Crippen molar-refractivity contribution in [1.82, 2.24) is 10.2 Å². The molecule has 7 nitrogen and oxygen atoms in total. The van der Waals surface area contributed by atoms with Gasteiger partial charge in [-0.25, -0.2) is 4.79 Å². The van der Waals surface area contributed by atoms with Crippen molar-refractivity contribution >= 4 is 18.0 Å². The summed E-state index contributed by atoms with van der Waals surface area (Å²) in [5, 5.41) is 11.8. The fourth-order valence-corrected chi connectivity index (χ4v) is 2.17. The van der Waals surface area contributed by atoms with Gasteiger partial charge < -0.3 is 20.1 Å². The van der Waals surface area contributed by atoms with Gasteiger partial charge in [0, 0.05) is 13.1 Å². The average Bonchev–Trinajstić information content (AvgIpc) is 2.36. The van der Waals surface area contributed by atoms with Crippen LogP contribution in [0.15, 0.2) is 0 Å². The monoisotopic (exact) mass is 286 g/mol. The van der Waals surface area contributed by atoms with Gasteiger partial charge in [0.15, 0.2) is 0 Å². The molecule has 0 aromatic carbocycles. The molecule has 0 radical (unpaired) electrons. The van der Waals surface area contributed by atoms with E-state index in [0.717, 1.165) is 6.42 Å². The number of ether oxygens (including phenoxy) is 1. The van der Waals surface area contributed by atoms with Crippen molar-refractivity contribution in [2.75, 3.05) is 26.7 Å². The number of nitrogens with zero attached hydrogens (tertiary/aromatic N) is 1. The summed E-state index contributed by atoms with van der Waals surface area (Å²) in [7, 11) is 1.26. The zero-order chi connectivity index (χ0) is 15.2. The Labute approximate surface area is 118 Å². The third kappa shape index (κ3) is 3.85. The zero-order valence-electron chi connectivity index (χ0n) is 12.0. The van der Waals surface area contributed by atoms with Crippen molar-refractivity contribution in [3.63, 3.8) is 0 Å². The number of hydrogen-bond donors (Lipinski definition) is 2. The van der Waals surface area contributed by atoms with E-state index in [0.29, 0.717) is 25.8 Å². The van der Waals surface area contributed by atoms with Crippen molar-refractivity contribution in [2.24, 2.45) is 5.41 Å². The Bertz CT molecular complexity index is 379. The number of hydrogen-bond acceptors (Lipinski definition) is 4. The number of rotatable bonds is 7. The van der Waals surface area contributed by atoms with E-state index in [1.54, 1.807) is 0 Å². The summed E-state index contributed by atoms with van der Waals surface area (Å²) in [6.07, 6.45) is 2.72. The second kappa shape index (κ2) is 7.12. The Morgan fingerprint density at radius 2 is 2.00 bits per heavy atom. The summed E-state index contributed by atoms with van der Waals surface area (Å²) in [4.78, 5) is 35.8. The molecule has 0 atom stereocenters. The summed E-state index contributed by atoms with van der Waals surface area (Å²) in [6.45, 7) is 2.28. The molecule has 1 aliphatic carbocycles. The molecular formula is C13H22N2O5. The molecule has 7 heteroatoms. The van der Waals surface area contributed by atoms with Crippen LogP contribution in [0, 0.1) is 5.41 Å². The molecule has 20 heavy (non-hydrogen) atoms. The molecule has 114 valence electrons. The minimum atomic E-state index is -0.876. The molecular weight excluding hydrogens is 264 g/mol. The van der Waals surface area contributed by atoms with Gasteiger partial charge in [0.25, 0.3) is 0 Å². The second-order valence-electron chi connectivity index (χ2n) is 5.10. The largest absolute Gasteiger partial charge is 0.481 e. The SMILES string of the molecule is CCCN(CC(=O)OC)C(=O)NCC1(C(=O)O)CCC1. The van der Waals surface area contributed by atoms with Crippen molar-refractivity contribution in [2.45, 2.75) is 32.6 Å². The van der Waals surface area contributed by atoms with Crippen molar-refractivity contribution in [3.8, 4) is 0 Å². The van der Waals surface area contributed by atoms with E-state index >= 15 is 0 Å². The van der Waals surface area contributed by atoms with E-state index in [4.69, 9.17) is 0 Å². The number of esters is 1. The molecule has 0 saturated heterocycles. The zero-order valence-corrected chi connectivity index (χ0v) is 12.0. The van der Waals surface area contributed by atoms with E-state index in [1.165, 1.54) is 12.0 Å². The molecule has 2 amide bonds. The van der Waals surface area contributed by atoms with Crippen molar-refractivity contribution in [1.29, 1.82) is 0 Å². The van der Waals surface area contributed by atoms with Crippen LogP contribution in [0.3, 0.4) is 0 Å². The summed E-state index contributed by atoms with van der Waals surface area (Å²) >= 11 is 0. The fraction of sp³-hybridized carbons (Fsp3) is 0.769. The Balaban J connectivity index is 2.53. The maximum Gasteiger partial charge on any atom is 0.325 e. The number of nitrogens with one attached hydrogen (secondary N) is 1. The van der Waals surface area contributed by atoms with Crippen LogP contribution in [-0.4, -0.2) is 54.7 Å². The molecule has 1 aliphatic rings. The maximum absolute atomic E-state index is 12.0. The second-order valence-corrected chi connectivity index (χ2v) is 5.10. The molecule has 1 rings (SSSR count). The van der Waals surface area contributed by atoms with E-state index in [2.05, 4.69) is 10.1 Å². The Kier molecular flexibility index (Phi) is 5.79. The lowest BCUT2D eigenvalue weighted by molar-refractivity contribution is -0.154. The fourth-order valence-electron chi connectivity index (χ4n) is 2.17. The summed E-state index contributed by atoms with van der Waals surface area (Å²) in [6, 6.07) is -0.426. The predicted octanol–water partition coefficient (Wildman–Crippen LogP) is 0.836. The molecule has 0 bridgehead atoms. The Hall–Kier alpha value is -1.79. The first kappa shape index (κ1) is 16.3. The summed E-state index contributed by atoms with van der Waals surface area (Å²) in [5.74, 6) is -1.37. The number of carbonyl (C=O) groups excluding carboxylic acids is 2. The number of methoxy groups -OCH3 is 1. The predicted molar refractivity (Wildman–Crippen MR) is 71.2 cm³/mol. The van der Waals surface area contributed by atoms with Crippen LogP contribution in [0.25, 0.3) is 0 Å². The molecule has 1 fully saturated rings. The van der Waals surface area contributed by atoms with E-state index in [-0.39, 0.29) is 13.1 Å². The number of aliphatic carboxylic acids is 1. The molecule has 0 aromatic rings. The number of carbonyl (C=O) groups is 3. The lowest BCUT2D eigenvalue weighted by Gasteiger charge is -2.38. The highest BCUT2D eigenvalue weighted by Crippen LogP contribution is 2.40. The minimum absolute atomic E-state index is 0.0998. The van der Waals surface area contributed by atoms with Crippen LogP contribution in [0.1, 0.15) is 32.6 Å². The van der Waals surface area contributed by atoms with Gasteiger partial charge in [0.1, 0.15) is 6.54 Å². The first-order chi connectivity index (χ1) is 9.45. The van der Waals surface area contributed by atoms with Gasteiger partial charge in [-0.2, -0.15) is 0 Å². The van der Waals surface area contributed by atoms with Crippen LogP contribution in [0.2, 0.25) is 0 Å². The Morgan fingerprint density at radius 1 is 1.35 bits per heavy atom. The van der Waals surface area contributed by atoms with Crippen LogP contribution < -0.4 is 5.32 Å². The van der Waals surface area contributed by atoms with Crippen LogP contribution >= 0.6 is 0 Å². The van der Waals surface area contributed by atoms with Crippen LogP contribution in [-0.2, 0) is 14.3 Å².